The maximum atomic E-state index is 13.3. The first kappa shape index (κ1) is 15.9. The van der Waals surface area contributed by atoms with Gasteiger partial charge in [-0.25, -0.2) is 14.0 Å². The predicted octanol–water partition coefficient (Wildman–Crippen LogP) is 3.04. The van der Waals surface area contributed by atoms with Crippen LogP contribution in [0.25, 0.3) is 0 Å². The molecule has 1 aromatic rings. The second-order valence-electron chi connectivity index (χ2n) is 5.34. The lowest BCUT2D eigenvalue weighted by Gasteiger charge is -2.29. The second-order valence-corrected chi connectivity index (χ2v) is 5.34. The smallest absolute Gasteiger partial charge is 0.415 e. The molecule has 0 radical (unpaired) electrons. The minimum absolute atomic E-state index is 0.133. The van der Waals surface area contributed by atoms with Crippen LogP contribution in [-0.4, -0.2) is 28.8 Å². The van der Waals surface area contributed by atoms with E-state index in [-0.39, 0.29) is 5.69 Å². The second kappa shape index (κ2) is 5.90. The van der Waals surface area contributed by atoms with Gasteiger partial charge in [-0.15, -0.1) is 0 Å². The Bertz CT molecular complexity index is 510. The zero-order valence-electron chi connectivity index (χ0n) is 11.9. The number of carboxylic acids is 1. The molecule has 0 bridgehead atoms. The Hall–Kier alpha value is -2.11. The molecule has 0 unspecified atom stereocenters. The van der Waals surface area contributed by atoms with Crippen molar-refractivity contribution in [1.82, 2.24) is 0 Å². The molecular weight excluding hydrogens is 265 g/mol. The van der Waals surface area contributed by atoms with Gasteiger partial charge in [0.2, 0.25) is 0 Å². The molecule has 6 heteroatoms. The van der Waals surface area contributed by atoms with Crippen molar-refractivity contribution in [2.24, 2.45) is 0 Å². The highest BCUT2D eigenvalue weighted by Gasteiger charge is 2.31. The first-order valence-corrected chi connectivity index (χ1v) is 6.12. The Morgan fingerprint density at radius 1 is 1.35 bits per heavy atom. The van der Waals surface area contributed by atoms with Crippen molar-refractivity contribution < 1.29 is 23.8 Å². The summed E-state index contributed by atoms with van der Waals surface area (Å²) < 4.78 is 18.4. The fourth-order valence-electron chi connectivity index (χ4n) is 1.53. The standard InChI is InChI=1S/C14H18FNO4/c1-9(12(17)18)16(13(19)20-14(2,3)4)11-7-5-6-10(15)8-11/h5-9H,1-4H3,(H,17,18)/t9-/m0/s1. The molecule has 0 spiro atoms. The van der Waals surface area contributed by atoms with E-state index in [4.69, 9.17) is 9.84 Å². The van der Waals surface area contributed by atoms with Crippen LogP contribution in [0.4, 0.5) is 14.9 Å². The number of hydrogen-bond donors (Lipinski definition) is 1. The number of ether oxygens (including phenoxy) is 1. The van der Waals surface area contributed by atoms with Crippen molar-refractivity contribution >= 4 is 17.7 Å². The topological polar surface area (TPSA) is 66.8 Å². The molecule has 0 saturated carbocycles. The first-order chi connectivity index (χ1) is 9.11. The maximum absolute atomic E-state index is 13.3. The third-order valence-electron chi connectivity index (χ3n) is 2.42. The van der Waals surface area contributed by atoms with Crippen molar-refractivity contribution in [3.63, 3.8) is 0 Å². The van der Waals surface area contributed by atoms with Crippen LogP contribution >= 0.6 is 0 Å². The van der Waals surface area contributed by atoms with Crippen molar-refractivity contribution in [3.8, 4) is 0 Å². The van der Waals surface area contributed by atoms with Gasteiger partial charge in [-0.2, -0.15) is 0 Å². The van der Waals surface area contributed by atoms with Crippen molar-refractivity contribution in [2.75, 3.05) is 4.90 Å². The van der Waals surface area contributed by atoms with Crippen LogP contribution in [-0.2, 0) is 9.53 Å². The number of hydrogen-bond acceptors (Lipinski definition) is 3. The number of halogens is 1. The lowest BCUT2D eigenvalue weighted by Crippen LogP contribution is -2.46. The molecule has 0 saturated heterocycles. The largest absolute Gasteiger partial charge is 0.480 e. The lowest BCUT2D eigenvalue weighted by atomic mass is 10.2. The zero-order valence-corrected chi connectivity index (χ0v) is 11.9. The van der Waals surface area contributed by atoms with E-state index in [9.17, 15) is 14.0 Å². The van der Waals surface area contributed by atoms with Gasteiger partial charge in [-0.1, -0.05) is 6.07 Å². The number of carbonyl (C=O) groups excluding carboxylic acids is 1. The highest BCUT2D eigenvalue weighted by molar-refractivity contribution is 5.95. The number of amides is 1. The zero-order chi connectivity index (χ0) is 15.5. The molecule has 1 N–H and O–H groups in total. The predicted molar refractivity (Wildman–Crippen MR) is 72.2 cm³/mol. The van der Waals surface area contributed by atoms with E-state index in [2.05, 4.69) is 0 Å². The Kier molecular flexibility index (Phi) is 4.70. The Balaban J connectivity index is 3.15. The number of rotatable bonds is 3. The summed E-state index contributed by atoms with van der Waals surface area (Å²) in [7, 11) is 0. The van der Waals surface area contributed by atoms with Gasteiger partial charge < -0.3 is 9.84 Å². The molecule has 1 atom stereocenters. The van der Waals surface area contributed by atoms with Gasteiger partial charge in [0.05, 0.1) is 5.69 Å². The lowest BCUT2D eigenvalue weighted by molar-refractivity contribution is -0.138. The molecule has 1 aromatic carbocycles. The van der Waals surface area contributed by atoms with Crippen molar-refractivity contribution in [2.45, 2.75) is 39.3 Å². The van der Waals surface area contributed by atoms with E-state index in [1.807, 2.05) is 0 Å². The summed E-state index contributed by atoms with van der Waals surface area (Å²) in [6, 6.07) is 3.97. The highest BCUT2D eigenvalue weighted by Crippen LogP contribution is 2.22. The summed E-state index contributed by atoms with van der Waals surface area (Å²) in [6.07, 6.45) is -0.835. The van der Waals surface area contributed by atoms with Gasteiger partial charge in [0.1, 0.15) is 17.5 Å². The minimum atomic E-state index is -1.21. The van der Waals surface area contributed by atoms with Crippen molar-refractivity contribution in [3.05, 3.63) is 30.1 Å². The van der Waals surface area contributed by atoms with Crippen LogP contribution in [0.5, 0.6) is 0 Å². The minimum Gasteiger partial charge on any atom is -0.480 e. The molecule has 0 heterocycles. The van der Waals surface area contributed by atoms with E-state index < -0.39 is 29.5 Å². The van der Waals surface area contributed by atoms with E-state index in [1.165, 1.54) is 25.1 Å². The van der Waals surface area contributed by atoms with Crippen LogP contribution in [0, 0.1) is 5.82 Å². The molecular formula is C14H18FNO4. The molecule has 0 aliphatic carbocycles. The summed E-state index contributed by atoms with van der Waals surface area (Å²) in [5, 5.41) is 9.09. The molecule has 20 heavy (non-hydrogen) atoms. The number of carbonyl (C=O) groups is 2. The molecule has 0 aromatic heterocycles. The summed E-state index contributed by atoms with van der Waals surface area (Å²) in [6.45, 7) is 6.33. The van der Waals surface area contributed by atoms with Crippen LogP contribution in [0.1, 0.15) is 27.7 Å². The summed E-state index contributed by atoms with van der Waals surface area (Å²) in [4.78, 5) is 24.2. The number of nitrogens with zero attached hydrogens (tertiary/aromatic N) is 1. The van der Waals surface area contributed by atoms with Crippen LogP contribution in [0.3, 0.4) is 0 Å². The average Bonchev–Trinajstić information content (AvgIpc) is 2.26. The monoisotopic (exact) mass is 283 g/mol. The third-order valence-corrected chi connectivity index (χ3v) is 2.42. The van der Waals surface area contributed by atoms with Gasteiger partial charge in [-0.3, -0.25) is 4.90 Å². The van der Waals surface area contributed by atoms with E-state index in [0.717, 1.165) is 11.0 Å². The molecule has 1 amide bonds. The Morgan fingerprint density at radius 2 is 1.95 bits per heavy atom. The van der Waals surface area contributed by atoms with Crippen LogP contribution < -0.4 is 4.90 Å². The fourth-order valence-corrected chi connectivity index (χ4v) is 1.53. The van der Waals surface area contributed by atoms with E-state index in [1.54, 1.807) is 20.8 Å². The number of carboxylic acid groups (broad SMARTS) is 1. The van der Waals surface area contributed by atoms with Gasteiger partial charge in [0.15, 0.2) is 0 Å². The first-order valence-electron chi connectivity index (χ1n) is 6.12. The fraction of sp³-hybridized carbons (Fsp3) is 0.429. The molecule has 5 nitrogen and oxygen atoms in total. The molecule has 1 rings (SSSR count). The highest BCUT2D eigenvalue weighted by atomic mass is 19.1. The Morgan fingerprint density at radius 3 is 2.40 bits per heavy atom. The molecule has 110 valence electrons. The van der Waals surface area contributed by atoms with Gasteiger partial charge in [0, 0.05) is 0 Å². The normalized spacial score (nSPS) is 12.7. The number of aliphatic carboxylic acids is 1. The summed E-state index contributed by atoms with van der Waals surface area (Å²) in [5.74, 6) is -1.77. The summed E-state index contributed by atoms with van der Waals surface area (Å²) in [5.41, 5.74) is -0.643. The SMILES string of the molecule is C[C@@H](C(=O)O)N(C(=O)OC(C)(C)C)c1cccc(F)c1. The van der Waals surface area contributed by atoms with Gasteiger partial charge >= 0.3 is 12.1 Å². The van der Waals surface area contributed by atoms with Crippen LogP contribution in [0.15, 0.2) is 24.3 Å². The molecule has 0 aliphatic heterocycles. The average molecular weight is 283 g/mol. The van der Waals surface area contributed by atoms with Crippen molar-refractivity contribution in [1.29, 1.82) is 0 Å². The summed E-state index contributed by atoms with van der Waals surface area (Å²) >= 11 is 0. The number of benzene rings is 1. The third kappa shape index (κ3) is 4.22. The Labute approximate surface area is 117 Å². The quantitative estimate of drug-likeness (QED) is 0.925. The van der Waals surface area contributed by atoms with E-state index in [0.29, 0.717) is 0 Å². The van der Waals surface area contributed by atoms with Crippen LogP contribution in [0.2, 0.25) is 0 Å². The maximum Gasteiger partial charge on any atom is 0.415 e. The van der Waals surface area contributed by atoms with Gasteiger partial charge in [-0.05, 0) is 45.9 Å². The van der Waals surface area contributed by atoms with E-state index >= 15 is 0 Å². The molecule has 0 fully saturated rings. The number of anilines is 1. The van der Waals surface area contributed by atoms with Gasteiger partial charge in [0.25, 0.3) is 0 Å². The molecule has 0 aliphatic rings.